The van der Waals surface area contributed by atoms with Crippen LogP contribution in [0.2, 0.25) is 5.02 Å². The molecule has 1 heterocycles. The topological polar surface area (TPSA) is 117 Å². The Morgan fingerprint density at radius 2 is 1.84 bits per heavy atom. The van der Waals surface area contributed by atoms with Crippen molar-refractivity contribution >= 4 is 46.6 Å². The number of aromatic nitrogens is 3. The second kappa shape index (κ2) is 9.76. The van der Waals surface area contributed by atoms with E-state index in [2.05, 4.69) is 25.8 Å². The zero-order chi connectivity index (χ0) is 22.5. The first-order valence-electron chi connectivity index (χ1n) is 9.33. The third-order valence-electron chi connectivity index (χ3n) is 4.29. The normalized spacial score (nSPS) is 11.6. The molecular formula is C21H20ClN5O3S. The number of para-hydroxylation sites is 2. The highest BCUT2D eigenvalue weighted by molar-refractivity contribution is 8.00. The summed E-state index contributed by atoms with van der Waals surface area (Å²) in [6.07, 6.45) is 0. The van der Waals surface area contributed by atoms with Crippen molar-refractivity contribution in [3.8, 4) is 11.3 Å². The van der Waals surface area contributed by atoms with E-state index in [1.807, 2.05) is 13.0 Å². The van der Waals surface area contributed by atoms with E-state index < -0.39 is 10.8 Å². The molecule has 0 spiro atoms. The Morgan fingerprint density at radius 1 is 1.10 bits per heavy atom. The van der Waals surface area contributed by atoms with E-state index in [0.29, 0.717) is 22.0 Å². The molecule has 2 amide bonds. The highest BCUT2D eigenvalue weighted by Gasteiger charge is 2.19. The van der Waals surface area contributed by atoms with E-state index in [9.17, 15) is 14.4 Å². The predicted molar refractivity (Wildman–Crippen MR) is 123 cm³/mol. The van der Waals surface area contributed by atoms with Gasteiger partial charge in [-0.2, -0.15) is 0 Å². The zero-order valence-corrected chi connectivity index (χ0v) is 18.6. The molecule has 0 aliphatic heterocycles. The number of halogens is 1. The number of nitrogens with zero attached hydrogens (tertiary/aromatic N) is 2. The molecule has 31 heavy (non-hydrogen) atoms. The van der Waals surface area contributed by atoms with Gasteiger partial charge < -0.3 is 10.6 Å². The number of anilines is 2. The van der Waals surface area contributed by atoms with Crippen LogP contribution in [0.3, 0.4) is 0 Å². The Kier molecular flexibility index (Phi) is 7.09. The van der Waals surface area contributed by atoms with Crippen LogP contribution in [0, 0.1) is 6.92 Å². The molecule has 0 unspecified atom stereocenters. The third-order valence-corrected chi connectivity index (χ3v) is 5.60. The van der Waals surface area contributed by atoms with Gasteiger partial charge in [0.25, 0.3) is 5.56 Å². The quantitative estimate of drug-likeness (QED) is 0.484. The molecule has 1 atom stereocenters. The van der Waals surface area contributed by atoms with Gasteiger partial charge in [0, 0.05) is 12.5 Å². The number of nitrogens with one attached hydrogen (secondary N) is 3. The molecule has 0 aliphatic carbocycles. The largest absolute Gasteiger partial charge is 0.325 e. The van der Waals surface area contributed by atoms with Crippen LogP contribution in [0.4, 0.5) is 11.4 Å². The lowest BCUT2D eigenvalue weighted by atomic mass is 10.1. The summed E-state index contributed by atoms with van der Waals surface area (Å²) in [5.41, 5.74) is 1.85. The van der Waals surface area contributed by atoms with Crippen LogP contribution in [-0.4, -0.2) is 32.2 Å². The van der Waals surface area contributed by atoms with Gasteiger partial charge in [-0.3, -0.25) is 19.4 Å². The van der Waals surface area contributed by atoms with Crippen molar-refractivity contribution in [2.45, 2.75) is 31.2 Å². The van der Waals surface area contributed by atoms with Crippen molar-refractivity contribution in [3.63, 3.8) is 0 Å². The first-order valence-corrected chi connectivity index (χ1v) is 10.6. The standard InChI is InChI=1S/C21H20ClN5O3S/c1-11-7-6-8-14(17(11)23-13(3)28)18-20(30)25-21(27-26-18)31-12(2)19(29)24-16-10-5-4-9-15(16)22/h4-10,12H,1-3H3,(H,23,28)(H,24,29)(H,25,27,30)/t12-/m1/s1. The molecule has 1 aromatic heterocycles. The molecule has 0 radical (unpaired) electrons. The average molecular weight is 458 g/mol. The number of aryl methyl sites for hydroxylation is 1. The van der Waals surface area contributed by atoms with Crippen LogP contribution < -0.4 is 16.2 Å². The van der Waals surface area contributed by atoms with Crippen molar-refractivity contribution in [1.82, 2.24) is 15.2 Å². The van der Waals surface area contributed by atoms with Gasteiger partial charge in [-0.15, -0.1) is 10.2 Å². The maximum absolute atomic E-state index is 12.7. The Balaban J connectivity index is 1.80. The van der Waals surface area contributed by atoms with Gasteiger partial charge in [0.1, 0.15) is 0 Å². The van der Waals surface area contributed by atoms with Gasteiger partial charge in [0.05, 0.1) is 21.6 Å². The summed E-state index contributed by atoms with van der Waals surface area (Å²) in [4.78, 5) is 39.3. The number of hydrogen-bond donors (Lipinski definition) is 3. The van der Waals surface area contributed by atoms with Gasteiger partial charge in [-0.1, -0.05) is 53.7 Å². The second-order valence-corrected chi connectivity index (χ2v) is 8.45. The molecule has 2 aromatic carbocycles. The second-order valence-electron chi connectivity index (χ2n) is 6.72. The van der Waals surface area contributed by atoms with Crippen molar-refractivity contribution < 1.29 is 9.59 Å². The van der Waals surface area contributed by atoms with E-state index in [1.165, 1.54) is 6.92 Å². The van der Waals surface area contributed by atoms with E-state index in [1.54, 1.807) is 43.3 Å². The van der Waals surface area contributed by atoms with Crippen molar-refractivity contribution in [2.24, 2.45) is 0 Å². The van der Waals surface area contributed by atoms with Gasteiger partial charge in [0.2, 0.25) is 11.8 Å². The number of benzene rings is 2. The minimum absolute atomic E-state index is 0.0740. The minimum Gasteiger partial charge on any atom is -0.325 e. The minimum atomic E-state index is -0.569. The van der Waals surface area contributed by atoms with Crippen LogP contribution in [-0.2, 0) is 9.59 Å². The average Bonchev–Trinajstić information content (AvgIpc) is 2.71. The summed E-state index contributed by atoms with van der Waals surface area (Å²) < 4.78 is 0. The summed E-state index contributed by atoms with van der Waals surface area (Å²) in [5, 5.41) is 13.6. The molecule has 3 N–H and O–H groups in total. The van der Waals surface area contributed by atoms with Crippen molar-refractivity contribution in [2.75, 3.05) is 10.6 Å². The molecular weight excluding hydrogens is 438 g/mol. The number of hydrogen-bond acceptors (Lipinski definition) is 6. The maximum atomic E-state index is 12.7. The molecule has 0 saturated heterocycles. The molecule has 0 aliphatic rings. The lowest BCUT2D eigenvalue weighted by molar-refractivity contribution is -0.115. The lowest BCUT2D eigenvalue weighted by Crippen LogP contribution is -2.24. The molecule has 160 valence electrons. The van der Waals surface area contributed by atoms with Gasteiger partial charge in [-0.05, 0) is 31.5 Å². The SMILES string of the molecule is CC(=O)Nc1c(C)cccc1-c1nnc(S[C@H](C)C(=O)Nc2ccccc2Cl)[nH]c1=O. The van der Waals surface area contributed by atoms with E-state index in [4.69, 9.17) is 11.6 Å². The molecule has 0 bridgehead atoms. The molecule has 3 aromatic rings. The number of carbonyl (C=O) groups is 2. The Morgan fingerprint density at radius 3 is 2.52 bits per heavy atom. The fourth-order valence-electron chi connectivity index (χ4n) is 2.78. The molecule has 8 nitrogen and oxygen atoms in total. The van der Waals surface area contributed by atoms with E-state index in [-0.39, 0.29) is 22.7 Å². The van der Waals surface area contributed by atoms with Gasteiger partial charge in [-0.25, -0.2) is 0 Å². The number of H-pyrrole nitrogens is 1. The molecule has 0 fully saturated rings. The fraction of sp³-hybridized carbons (Fsp3) is 0.190. The number of rotatable bonds is 6. The fourth-order valence-corrected chi connectivity index (χ4v) is 3.70. The van der Waals surface area contributed by atoms with E-state index >= 15 is 0 Å². The van der Waals surface area contributed by atoms with Gasteiger partial charge >= 0.3 is 0 Å². The van der Waals surface area contributed by atoms with Crippen LogP contribution in [0.25, 0.3) is 11.3 Å². The lowest BCUT2D eigenvalue weighted by Gasteiger charge is -2.13. The molecule has 10 heteroatoms. The smallest absolute Gasteiger partial charge is 0.278 e. The van der Waals surface area contributed by atoms with Crippen LogP contribution >= 0.6 is 23.4 Å². The van der Waals surface area contributed by atoms with Crippen LogP contribution in [0.15, 0.2) is 52.4 Å². The first kappa shape index (κ1) is 22.5. The Bertz CT molecular complexity index is 1200. The summed E-state index contributed by atoms with van der Waals surface area (Å²) in [6, 6.07) is 12.2. The van der Waals surface area contributed by atoms with Crippen LogP contribution in [0.5, 0.6) is 0 Å². The van der Waals surface area contributed by atoms with E-state index in [0.717, 1.165) is 17.3 Å². The monoisotopic (exact) mass is 457 g/mol. The predicted octanol–water partition coefficient (Wildman–Crippen LogP) is 3.87. The number of thioether (sulfide) groups is 1. The first-order chi connectivity index (χ1) is 14.8. The summed E-state index contributed by atoms with van der Waals surface area (Å²) in [7, 11) is 0. The van der Waals surface area contributed by atoms with Crippen LogP contribution in [0.1, 0.15) is 19.4 Å². The number of carbonyl (C=O) groups excluding carboxylic acids is 2. The van der Waals surface area contributed by atoms with Crippen molar-refractivity contribution in [1.29, 1.82) is 0 Å². The summed E-state index contributed by atoms with van der Waals surface area (Å²) in [6.45, 7) is 4.89. The number of aromatic amines is 1. The molecule has 3 rings (SSSR count). The third kappa shape index (κ3) is 5.50. The Labute approximate surface area is 187 Å². The molecule has 0 saturated carbocycles. The summed E-state index contributed by atoms with van der Waals surface area (Å²) in [5.74, 6) is -0.554. The highest BCUT2D eigenvalue weighted by Crippen LogP contribution is 2.28. The van der Waals surface area contributed by atoms with Crippen molar-refractivity contribution in [3.05, 3.63) is 63.4 Å². The zero-order valence-electron chi connectivity index (χ0n) is 17.0. The summed E-state index contributed by atoms with van der Waals surface area (Å²) >= 11 is 7.13. The number of amides is 2. The highest BCUT2D eigenvalue weighted by atomic mass is 35.5. The Hall–Kier alpha value is -3.17. The maximum Gasteiger partial charge on any atom is 0.278 e. The van der Waals surface area contributed by atoms with Gasteiger partial charge in [0.15, 0.2) is 10.9 Å².